The van der Waals surface area contributed by atoms with Crippen LogP contribution in [-0.4, -0.2) is 53.0 Å². The van der Waals surface area contributed by atoms with Crippen LogP contribution >= 0.6 is 0 Å². The van der Waals surface area contributed by atoms with E-state index in [1.165, 1.54) is 5.56 Å². The largest absolute Gasteiger partial charge is 0.341 e. The second-order valence-electron chi connectivity index (χ2n) is 7.49. The summed E-state index contributed by atoms with van der Waals surface area (Å²) in [6.07, 6.45) is 2.75. The molecule has 0 radical (unpaired) electrons. The van der Waals surface area contributed by atoms with Crippen LogP contribution in [0.4, 0.5) is 0 Å². The van der Waals surface area contributed by atoms with Crippen LogP contribution in [0.5, 0.6) is 0 Å². The van der Waals surface area contributed by atoms with E-state index in [-0.39, 0.29) is 11.9 Å². The van der Waals surface area contributed by atoms with Gasteiger partial charge >= 0.3 is 0 Å². The van der Waals surface area contributed by atoms with Gasteiger partial charge in [-0.2, -0.15) is 4.98 Å². The van der Waals surface area contributed by atoms with E-state index in [0.717, 1.165) is 37.9 Å². The van der Waals surface area contributed by atoms with E-state index >= 15 is 0 Å². The van der Waals surface area contributed by atoms with Gasteiger partial charge in [0, 0.05) is 19.5 Å². The van der Waals surface area contributed by atoms with Gasteiger partial charge in [0.25, 0.3) is 0 Å². The fourth-order valence-corrected chi connectivity index (χ4v) is 3.70. The van der Waals surface area contributed by atoms with Crippen LogP contribution < -0.4 is 0 Å². The Morgan fingerprint density at radius 1 is 1.31 bits per heavy atom. The average molecular weight is 356 g/mol. The third-order valence-electron chi connectivity index (χ3n) is 5.07. The van der Waals surface area contributed by atoms with Crippen molar-refractivity contribution >= 4 is 5.91 Å². The van der Waals surface area contributed by atoms with Crippen LogP contribution in [0.2, 0.25) is 0 Å². The Morgan fingerprint density at radius 2 is 2.04 bits per heavy atom. The Hall–Kier alpha value is -2.21. The van der Waals surface area contributed by atoms with Gasteiger partial charge in [0.1, 0.15) is 6.04 Å². The molecule has 1 aliphatic rings. The standard InChI is InChI=1S/C20H28N4O2/c1-14-6-5-7-17(12-14)19(23(3)4)20(25)24-10-8-16(9-11-24)13-18-21-15(2)22-26-18/h5-7,12,16,19H,8-11,13H2,1-4H3. The third kappa shape index (κ3) is 4.30. The van der Waals surface area contributed by atoms with E-state index < -0.39 is 0 Å². The number of hydrogen-bond acceptors (Lipinski definition) is 5. The Balaban J connectivity index is 1.62. The van der Waals surface area contributed by atoms with Crippen molar-refractivity contribution in [3.05, 3.63) is 47.1 Å². The normalized spacial score (nSPS) is 16.9. The summed E-state index contributed by atoms with van der Waals surface area (Å²) in [7, 11) is 3.94. The molecule has 1 fully saturated rings. The van der Waals surface area contributed by atoms with E-state index in [9.17, 15) is 4.79 Å². The molecule has 0 saturated carbocycles. The number of piperidine rings is 1. The molecule has 0 aliphatic carbocycles. The number of likely N-dealkylation sites (tertiary alicyclic amines) is 1. The van der Waals surface area contributed by atoms with Crippen molar-refractivity contribution in [3.8, 4) is 0 Å². The van der Waals surface area contributed by atoms with Gasteiger partial charge in [0.05, 0.1) is 0 Å². The van der Waals surface area contributed by atoms with Gasteiger partial charge in [-0.05, 0) is 52.3 Å². The van der Waals surface area contributed by atoms with E-state index in [2.05, 4.69) is 29.2 Å². The fraction of sp³-hybridized carbons (Fsp3) is 0.550. The zero-order valence-corrected chi connectivity index (χ0v) is 16.1. The molecule has 0 spiro atoms. The molecular weight excluding hydrogens is 328 g/mol. The van der Waals surface area contributed by atoms with Gasteiger partial charge in [-0.1, -0.05) is 35.0 Å². The molecule has 26 heavy (non-hydrogen) atoms. The lowest BCUT2D eigenvalue weighted by Crippen LogP contribution is -2.44. The number of nitrogens with zero attached hydrogens (tertiary/aromatic N) is 4. The average Bonchev–Trinajstić information content (AvgIpc) is 3.00. The number of hydrogen-bond donors (Lipinski definition) is 0. The van der Waals surface area contributed by atoms with Crippen molar-refractivity contribution < 1.29 is 9.32 Å². The maximum absolute atomic E-state index is 13.2. The lowest BCUT2D eigenvalue weighted by Gasteiger charge is -2.35. The van der Waals surface area contributed by atoms with Gasteiger partial charge in [-0.3, -0.25) is 9.69 Å². The molecule has 1 aromatic heterocycles. The van der Waals surface area contributed by atoms with Gasteiger partial charge in [-0.15, -0.1) is 0 Å². The first kappa shape index (κ1) is 18.6. The number of carbonyl (C=O) groups is 1. The predicted octanol–water partition coefficient (Wildman–Crippen LogP) is 2.77. The van der Waals surface area contributed by atoms with Crippen molar-refractivity contribution in [3.63, 3.8) is 0 Å². The Morgan fingerprint density at radius 3 is 2.62 bits per heavy atom. The molecule has 2 heterocycles. The maximum atomic E-state index is 13.2. The molecule has 1 unspecified atom stereocenters. The van der Waals surface area contributed by atoms with E-state index in [1.54, 1.807) is 0 Å². The molecular formula is C20H28N4O2. The Bertz CT molecular complexity index is 748. The lowest BCUT2D eigenvalue weighted by molar-refractivity contribution is -0.137. The minimum atomic E-state index is -0.231. The summed E-state index contributed by atoms with van der Waals surface area (Å²) < 4.78 is 5.23. The molecule has 6 nitrogen and oxygen atoms in total. The maximum Gasteiger partial charge on any atom is 0.244 e. The molecule has 0 bridgehead atoms. The number of amides is 1. The summed E-state index contributed by atoms with van der Waals surface area (Å²) in [6.45, 7) is 5.46. The minimum Gasteiger partial charge on any atom is -0.341 e. The van der Waals surface area contributed by atoms with Crippen LogP contribution in [0.1, 0.15) is 41.7 Å². The zero-order valence-electron chi connectivity index (χ0n) is 16.1. The zero-order chi connectivity index (χ0) is 18.7. The highest BCUT2D eigenvalue weighted by Crippen LogP contribution is 2.26. The highest BCUT2D eigenvalue weighted by Gasteiger charge is 2.31. The number of aryl methyl sites for hydroxylation is 2. The number of carbonyl (C=O) groups excluding carboxylic acids is 1. The van der Waals surface area contributed by atoms with Crippen LogP contribution in [-0.2, 0) is 11.2 Å². The molecule has 6 heteroatoms. The summed E-state index contributed by atoms with van der Waals surface area (Å²) in [5.41, 5.74) is 2.24. The Labute approximate surface area is 155 Å². The molecule has 3 rings (SSSR count). The fourth-order valence-electron chi connectivity index (χ4n) is 3.70. The summed E-state index contributed by atoms with van der Waals surface area (Å²) in [6, 6.07) is 8.00. The van der Waals surface area contributed by atoms with Gasteiger partial charge in [-0.25, -0.2) is 0 Å². The molecule has 1 saturated heterocycles. The third-order valence-corrected chi connectivity index (χ3v) is 5.07. The van der Waals surface area contributed by atoms with E-state index in [4.69, 9.17) is 4.52 Å². The highest BCUT2D eigenvalue weighted by molar-refractivity contribution is 5.83. The van der Waals surface area contributed by atoms with Crippen LogP contribution in [0.25, 0.3) is 0 Å². The van der Waals surface area contributed by atoms with Gasteiger partial charge < -0.3 is 9.42 Å². The van der Waals surface area contributed by atoms with Gasteiger partial charge in [0.15, 0.2) is 5.82 Å². The quantitative estimate of drug-likeness (QED) is 0.824. The van der Waals surface area contributed by atoms with Crippen molar-refractivity contribution in [1.29, 1.82) is 0 Å². The highest BCUT2D eigenvalue weighted by atomic mass is 16.5. The van der Waals surface area contributed by atoms with Crippen LogP contribution in [0, 0.1) is 19.8 Å². The molecule has 1 atom stereocenters. The monoisotopic (exact) mass is 356 g/mol. The number of benzene rings is 1. The van der Waals surface area contributed by atoms with Crippen molar-refractivity contribution in [2.45, 2.75) is 39.2 Å². The van der Waals surface area contributed by atoms with Crippen LogP contribution in [0.15, 0.2) is 28.8 Å². The van der Waals surface area contributed by atoms with Crippen molar-refractivity contribution in [1.82, 2.24) is 19.9 Å². The summed E-state index contributed by atoms with van der Waals surface area (Å²) in [5, 5.41) is 3.85. The van der Waals surface area contributed by atoms with Crippen molar-refractivity contribution in [2.24, 2.45) is 5.92 Å². The van der Waals surface area contributed by atoms with E-state index in [0.29, 0.717) is 17.6 Å². The first-order valence-electron chi connectivity index (χ1n) is 9.25. The Kier molecular flexibility index (Phi) is 5.71. The summed E-state index contributed by atoms with van der Waals surface area (Å²) >= 11 is 0. The molecule has 0 N–H and O–H groups in total. The SMILES string of the molecule is Cc1cccc(C(C(=O)N2CCC(Cc3nc(C)no3)CC2)N(C)C)c1. The minimum absolute atomic E-state index is 0.188. The summed E-state index contributed by atoms with van der Waals surface area (Å²) in [4.78, 5) is 21.5. The predicted molar refractivity (Wildman–Crippen MR) is 99.7 cm³/mol. The molecule has 1 amide bonds. The van der Waals surface area contributed by atoms with E-state index in [1.807, 2.05) is 43.0 Å². The molecule has 1 aromatic carbocycles. The first-order valence-corrected chi connectivity index (χ1v) is 9.25. The smallest absolute Gasteiger partial charge is 0.244 e. The van der Waals surface area contributed by atoms with Crippen LogP contribution in [0.3, 0.4) is 0 Å². The molecule has 1 aliphatic heterocycles. The molecule has 2 aromatic rings. The number of aromatic nitrogens is 2. The van der Waals surface area contributed by atoms with Crippen molar-refractivity contribution in [2.75, 3.05) is 27.2 Å². The number of likely N-dealkylation sites (N-methyl/N-ethyl adjacent to an activating group) is 1. The van der Waals surface area contributed by atoms with Gasteiger partial charge in [0.2, 0.25) is 11.8 Å². The second-order valence-corrected chi connectivity index (χ2v) is 7.49. The summed E-state index contributed by atoms with van der Waals surface area (Å²) in [5.74, 6) is 2.07. The second kappa shape index (κ2) is 7.99. The lowest BCUT2D eigenvalue weighted by atomic mass is 9.92. The molecule has 140 valence electrons. The first-order chi connectivity index (χ1) is 12.4. The number of rotatable bonds is 5. The topological polar surface area (TPSA) is 62.5 Å².